The lowest BCUT2D eigenvalue weighted by Gasteiger charge is -2.19. The van der Waals surface area contributed by atoms with Crippen LogP contribution in [0.5, 0.6) is 0 Å². The summed E-state index contributed by atoms with van der Waals surface area (Å²) < 4.78 is 5.82. The number of ether oxygens (including phenoxy) is 1. The fraction of sp³-hybridized carbons (Fsp3) is 0.333. The second-order valence-corrected chi connectivity index (χ2v) is 10.8. The van der Waals surface area contributed by atoms with Gasteiger partial charge in [0.25, 0.3) is 0 Å². The molecule has 2 aromatic carbocycles. The summed E-state index contributed by atoms with van der Waals surface area (Å²) in [4.78, 5) is 20.9. The zero-order chi connectivity index (χ0) is 24.8. The first kappa shape index (κ1) is 25.9. The summed E-state index contributed by atoms with van der Waals surface area (Å²) in [5.41, 5.74) is 5.34. The van der Waals surface area contributed by atoms with E-state index in [2.05, 4.69) is 47.4 Å². The average molecular weight is 532 g/mol. The van der Waals surface area contributed by atoms with Crippen molar-refractivity contribution >= 4 is 46.0 Å². The quantitative estimate of drug-likeness (QED) is 0.251. The van der Waals surface area contributed by atoms with Gasteiger partial charge in [0.15, 0.2) is 5.78 Å². The Balaban J connectivity index is 1.38. The van der Waals surface area contributed by atoms with E-state index in [9.17, 15) is 4.79 Å². The summed E-state index contributed by atoms with van der Waals surface area (Å²) in [7, 11) is 3.80. The van der Waals surface area contributed by atoms with Crippen LogP contribution in [0.15, 0.2) is 59.8 Å². The molecule has 1 aliphatic rings. The lowest BCUT2D eigenvalue weighted by atomic mass is 9.96. The van der Waals surface area contributed by atoms with Gasteiger partial charge in [0.1, 0.15) is 6.10 Å². The fourth-order valence-corrected chi connectivity index (χ4v) is 5.23. The van der Waals surface area contributed by atoms with E-state index >= 15 is 0 Å². The van der Waals surface area contributed by atoms with Crippen molar-refractivity contribution in [1.29, 1.82) is 0 Å². The summed E-state index contributed by atoms with van der Waals surface area (Å²) in [5, 5.41) is 5.00. The van der Waals surface area contributed by atoms with E-state index < -0.39 is 0 Å². The number of benzene rings is 2. The number of carbonyl (C=O) groups is 1. The number of thiophene rings is 1. The zero-order valence-electron chi connectivity index (χ0n) is 19.8. The van der Waals surface area contributed by atoms with Crippen LogP contribution in [0.2, 0.25) is 9.36 Å². The van der Waals surface area contributed by atoms with Crippen LogP contribution >= 0.6 is 34.5 Å². The Hall–Kier alpha value is -2.22. The maximum atomic E-state index is 12.3. The predicted molar refractivity (Wildman–Crippen MR) is 144 cm³/mol. The number of hydrogen-bond acceptors (Lipinski definition) is 6. The maximum Gasteiger partial charge on any atom is 0.172 e. The van der Waals surface area contributed by atoms with Gasteiger partial charge >= 0.3 is 0 Å². The van der Waals surface area contributed by atoms with Crippen LogP contribution in [0.1, 0.15) is 40.1 Å². The van der Waals surface area contributed by atoms with Gasteiger partial charge in [0, 0.05) is 38.1 Å². The second-order valence-electron chi connectivity index (χ2n) is 8.64. The summed E-state index contributed by atoms with van der Waals surface area (Å²) in [6, 6.07) is 17.9. The number of hydrogen-bond donors (Lipinski definition) is 0. The summed E-state index contributed by atoms with van der Waals surface area (Å²) in [6.45, 7) is 2.34. The number of Topliss-reactive ketones (excluding diaryl/α,β-unsaturated/α-hetero) is 1. The van der Waals surface area contributed by atoms with Gasteiger partial charge in [-0.2, -0.15) is 0 Å². The molecule has 8 heteroatoms. The van der Waals surface area contributed by atoms with E-state index in [1.807, 2.05) is 12.1 Å². The zero-order valence-corrected chi connectivity index (χ0v) is 22.1. The fourth-order valence-electron chi connectivity index (χ4n) is 4.05. The van der Waals surface area contributed by atoms with Gasteiger partial charge in [-0.15, -0.1) is 11.3 Å². The minimum absolute atomic E-state index is 0.0912. The van der Waals surface area contributed by atoms with Crippen molar-refractivity contribution in [2.45, 2.75) is 31.9 Å². The molecule has 1 unspecified atom stereocenters. The molecule has 0 saturated heterocycles. The Labute approximate surface area is 220 Å². The molecule has 5 nitrogen and oxygen atoms in total. The lowest BCUT2D eigenvalue weighted by molar-refractivity contribution is 0.0720. The Kier molecular flexibility index (Phi) is 8.98. The minimum atomic E-state index is -0.0915. The highest BCUT2D eigenvalue weighted by atomic mass is 35.5. The smallest absolute Gasteiger partial charge is 0.172 e. The van der Waals surface area contributed by atoms with Crippen LogP contribution in [0.4, 0.5) is 0 Å². The molecule has 1 aliphatic heterocycles. The number of oxime groups is 1. The summed E-state index contributed by atoms with van der Waals surface area (Å²) >= 11 is 13.6. The Morgan fingerprint density at radius 1 is 1.14 bits per heavy atom. The third-order valence-corrected chi connectivity index (χ3v) is 7.50. The number of nitrogens with zero attached hydrogens (tertiary/aromatic N) is 2. The first-order valence-corrected chi connectivity index (χ1v) is 13.1. The predicted octanol–water partition coefficient (Wildman–Crippen LogP) is 6.96. The molecule has 0 saturated carbocycles. The largest absolute Gasteiger partial charge is 0.392 e. The van der Waals surface area contributed by atoms with Crippen LogP contribution in [0.25, 0.3) is 11.1 Å². The van der Waals surface area contributed by atoms with Gasteiger partial charge in [-0.3, -0.25) is 9.69 Å². The third-order valence-electron chi connectivity index (χ3n) is 5.99. The van der Waals surface area contributed by atoms with Crippen LogP contribution in [-0.4, -0.2) is 49.8 Å². The molecule has 0 amide bonds. The molecule has 3 aromatic rings. The molecule has 2 heterocycles. The minimum Gasteiger partial charge on any atom is -0.392 e. The van der Waals surface area contributed by atoms with Crippen LogP contribution in [-0.2, 0) is 16.1 Å². The Morgan fingerprint density at radius 3 is 2.63 bits per heavy atom. The first-order valence-electron chi connectivity index (χ1n) is 11.5. The normalized spacial score (nSPS) is 15.3. The van der Waals surface area contributed by atoms with Gasteiger partial charge in [-0.05, 0) is 60.0 Å². The van der Waals surface area contributed by atoms with Gasteiger partial charge < -0.3 is 9.57 Å². The molecule has 0 aliphatic carbocycles. The van der Waals surface area contributed by atoms with E-state index in [0.29, 0.717) is 40.1 Å². The molecule has 0 radical (unpaired) electrons. The van der Waals surface area contributed by atoms with Crippen LogP contribution in [0.3, 0.4) is 0 Å². The molecule has 0 spiro atoms. The maximum absolute atomic E-state index is 12.3. The number of halogens is 2. The van der Waals surface area contributed by atoms with Gasteiger partial charge in [-0.1, -0.05) is 58.7 Å². The number of likely N-dealkylation sites (N-methyl/N-ethyl adjacent to an activating group) is 1. The van der Waals surface area contributed by atoms with Crippen molar-refractivity contribution in [2.24, 2.45) is 5.16 Å². The van der Waals surface area contributed by atoms with Crippen molar-refractivity contribution in [2.75, 3.05) is 27.3 Å². The van der Waals surface area contributed by atoms with Crippen molar-refractivity contribution < 1.29 is 14.4 Å². The van der Waals surface area contributed by atoms with Gasteiger partial charge in [0.05, 0.1) is 21.5 Å². The molecule has 1 aromatic heterocycles. The molecule has 0 fully saturated rings. The number of methoxy groups -OCH3 is 1. The molecular weight excluding hydrogens is 503 g/mol. The van der Waals surface area contributed by atoms with Crippen molar-refractivity contribution in [3.63, 3.8) is 0 Å². The standard InChI is InChI=1S/C27H28Cl2N2O3S/c1-31(13-14-33-2)17-20-7-8-21(28)15-23(20)18-3-5-19(6-4-18)24-16-22(34-30-24)9-10-25(32)26-11-12-27(29)35-26/h3-8,11-12,15,22H,9-10,13-14,16-17H2,1-2H3. The van der Waals surface area contributed by atoms with Crippen LogP contribution in [0, 0.1) is 0 Å². The highest BCUT2D eigenvalue weighted by Gasteiger charge is 2.23. The van der Waals surface area contributed by atoms with Gasteiger partial charge in [0.2, 0.25) is 0 Å². The van der Waals surface area contributed by atoms with E-state index in [4.69, 9.17) is 32.8 Å². The highest BCUT2D eigenvalue weighted by Crippen LogP contribution is 2.30. The summed E-state index contributed by atoms with van der Waals surface area (Å²) in [6.07, 6.45) is 1.64. The monoisotopic (exact) mass is 530 g/mol. The average Bonchev–Trinajstić information content (AvgIpc) is 3.52. The molecule has 1 atom stereocenters. The SMILES string of the molecule is COCCN(C)Cc1ccc(Cl)cc1-c1ccc(C2=NOC(CCC(=O)c3ccc(Cl)s3)C2)cc1. The number of rotatable bonds is 11. The van der Waals surface area contributed by atoms with E-state index in [0.717, 1.165) is 35.5 Å². The van der Waals surface area contributed by atoms with Crippen molar-refractivity contribution in [3.8, 4) is 11.1 Å². The molecule has 0 N–H and O–H groups in total. The topological polar surface area (TPSA) is 51.1 Å². The van der Waals surface area contributed by atoms with E-state index in [1.54, 1.807) is 19.2 Å². The van der Waals surface area contributed by atoms with E-state index in [1.165, 1.54) is 16.9 Å². The third kappa shape index (κ3) is 6.93. The van der Waals surface area contributed by atoms with Crippen LogP contribution < -0.4 is 0 Å². The Bertz CT molecular complexity index is 1190. The Morgan fingerprint density at radius 2 is 1.91 bits per heavy atom. The summed E-state index contributed by atoms with van der Waals surface area (Å²) in [5.74, 6) is 0.0912. The van der Waals surface area contributed by atoms with Gasteiger partial charge in [-0.25, -0.2) is 0 Å². The molecular formula is C27H28Cl2N2O3S. The molecule has 4 rings (SSSR count). The highest BCUT2D eigenvalue weighted by molar-refractivity contribution is 7.18. The van der Waals surface area contributed by atoms with Crippen molar-refractivity contribution in [3.05, 3.63) is 80.0 Å². The number of ketones is 1. The van der Waals surface area contributed by atoms with Crippen molar-refractivity contribution in [1.82, 2.24) is 4.90 Å². The first-order chi connectivity index (χ1) is 16.9. The second kappa shape index (κ2) is 12.2. The lowest BCUT2D eigenvalue weighted by Crippen LogP contribution is -2.22. The van der Waals surface area contributed by atoms with E-state index in [-0.39, 0.29) is 11.9 Å². The molecule has 184 valence electrons. The molecule has 35 heavy (non-hydrogen) atoms. The molecule has 0 bridgehead atoms. The number of carbonyl (C=O) groups excluding carboxylic acids is 1.